The summed E-state index contributed by atoms with van der Waals surface area (Å²) in [6.07, 6.45) is 0.638. The number of rotatable bonds is 8. The molecule has 0 fully saturated rings. The molecule has 0 aliphatic carbocycles. The quantitative estimate of drug-likeness (QED) is 0.610. The average molecular weight is 251 g/mol. The van der Waals surface area contributed by atoms with Crippen LogP contribution in [-0.4, -0.2) is 35.4 Å². The highest BCUT2D eigenvalue weighted by Gasteiger charge is 2.06. The summed E-state index contributed by atoms with van der Waals surface area (Å²) < 4.78 is 0. The second kappa shape index (κ2) is 7.84. The topological polar surface area (TPSA) is 69.6 Å². The molecule has 1 unspecified atom stereocenters. The zero-order valence-electron chi connectivity index (χ0n) is 10.7. The molecule has 0 aliphatic rings. The molecule has 1 aromatic carbocycles. The Hall–Kier alpha value is -1.39. The summed E-state index contributed by atoms with van der Waals surface area (Å²) in [5, 5.41) is 21.1. The van der Waals surface area contributed by atoms with Crippen molar-refractivity contribution in [3.8, 4) is 0 Å². The van der Waals surface area contributed by atoms with Crippen molar-refractivity contribution in [1.29, 1.82) is 0 Å². The van der Waals surface area contributed by atoms with Crippen LogP contribution in [0.1, 0.15) is 24.0 Å². The van der Waals surface area contributed by atoms with E-state index >= 15 is 0 Å². The second-order valence-corrected chi connectivity index (χ2v) is 4.53. The summed E-state index contributed by atoms with van der Waals surface area (Å²) >= 11 is 0. The van der Waals surface area contributed by atoms with Crippen LogP contribution in [0.2, 0.25) is 0 Å². The number of aliphatic hydroxyl groups is 1. The van der Waals surface area contributed by atoms with Gasteiger partial charge in [-0.25, -0.2) is 0 Å². The number of nitrogens with one attached hydrogen (secondary N) is 1. The molecule has 4 nitrogen and oxygen atoms in total. The largest absolute Gasteiger partial charge is 0.481 e. The van der Waals surface area contributed by atoms with Crippen molar-refractivity contribution in [2.75, 3.05) is 13.1 Å². The predicted molar refractivity (Wildman–Crippen MR) is 70.6 cm³/mol. The molecular weight excluding hydrogens is 230 g/mol. The molecule has 0 aromatic heterocycles. The van der Waals surface area contributed by atoms with Crippen molar-refractivity contribution < 1.29 is 15.0 Å². The number of carboxylic acid groups (broad SMARTS) is 1. The van der Waals surface area contributed by atoms with Crippen molar-refractivity contribution in [3.63, 3.8) is 0 Å². The van der Waals surface area contributed by atoms with E-state index in [1.807, 2.05) is 0 Å². The molecule has 4 heteroatoms. The Bertz CT molecular complexity index is 362. The fourth-order valence-corrected chi connectivity index (χ4v) is 1.65. The van der Waals surface area contributed by atoms with Crippen molar-refractivity contribution in [3.05, 3.63) is 35.4 Å². The van der Waals surface area contributed by atoms with Crippen molar-refractivity contribution >= 4 is 5.97 Å². The molecule has 0 radical (unpaired) electrons. The number of hydrogen-bond acceptors (Lipinski definition) is 3. The second-order valence-electron chi connectivity index (χ2n) is 4.53. The van der Waals surface area contributed by atoms with Gasteiger partial charge < -0.3 is 15.5 Å². The molecule has 1 aromatic rings. The van der Waals surface area contributed by atoms with Crippen molar-refractivity contribution in [2.24, 2.45) is 0 Å². The molecule has 1 rings (SSSR count). The normalized spacial score (nSPS) is 12.3. The van der Waals surface area contributed by atoms with Gasteiger partial charge in [-0.15, -0.1) is 0 Å². The van der Waals surface area contributed by atoms with Gasteiger partial charge >= 0.3 is 5.97 Å². The van der Waals surface area contributed by atoms with Crippen molar-refractivity contribution in [2.45, 2.75) is 32.3 Å². The first-order valence-corrected chi connectivity index (χ1v) is 6.24. The number of hydrogen-bond donors (Lipinski definition) is 3. The Kier molecular flexibility index (Phi) is 6.39. The predicted octanol–water partition coefficient (Wildman–Crippen LogP) is 1.35. The van der Waals surface area contributed by atoms with E-state index in [4.69, 9.17) is 5.11 Å². The zero-order valence-corrected chi connectivity index (χ0v) is 10.7. The number of aryl methyl sites for hydroxylation is 1. The number of aliphatic carboxylic acids is 1. The Morgan fingerprint density at radius 2 is 2.00 bits per heavy atom. The van der Waals surface area contributed by atoms with Gasteiger partial charge in [-0.3, -0.25) is 4.79 Å². The van der Waals surface area contributed by atoms with E-state index in [0.29, 0.717) is 13.0 Å². The number of carboxylic acids is 1. The Labute approximate surface area is 108 Å². The number of aliphatic hydroxyl groups excluding tert-OH is 1. The lowest BCUT2D eigenvalue weighted by atomic mass is 10.1. The lowest BCUT2D eigenvalue weighted by Crippen LogP contribution is -2.28. The van der Waals surface area contributed by atoms with E-state index in [-0.39, 0.29) is 6.42 Å². The zero-order chi connectivity index (χ0) is 13.4. The van der Waals surface area contributed by atoms with Crippen LogP contribution in [0.15, 0.2) is 24.3 Å². The van der Waals surface area contributed by atoms with E-state index in [1.165, 1.54) is 11.1 Å². The molecule has 0 spiro atoms. The lowest BCUT2D eigenvalue weighted by Gasteiger charge is -2.10. The van der Waals surface area contributed by atoms with Gasteiger partial charge in [0.2, 0.25) is 0 Å². The van der Waals surface area contributed by atoms with Gasteiger partial charge in [0, 0.05) is 13.0 Å². The molecule has 3 N–H and O–H groups in total. The molecule has 18 heavy (non-hydrogen) atoms. The molecule has 100 valence electrons. The first-order valence-electron chi connectivity index (χ1n) is 6.24. The van der Waals surface area contributed by atoms with Gasteiger partial charge in [-0.1, -0.05) is 29.8 Å². The summed E-state index contributed by atoms with van der Waals surface area (Å²) in [4.78, 5) is 10.3. The van der Waals surface area contributed by atoms with Crippen LogP contribution in [-0.2, 0) is 11.2 Å². The van der Waals surface area contributed by atoms with Crippen LogP contribution in [0.5, 0.6) is 0 Å². The first kappa shape index (κ1) is 14.7. The molecule has 0 saturated heterocycles. The van der Waals surface area contributed by atoms with Gasteiger partial charge in [0.1, 0.15) is 0 Å². The highest BCUT2D eigenvalue weighted by Crippen LogP contribution is 2.03. The van der Waals surface area contributed by atoms with Crippen LogP contribution in [0.3, 0.4) is 0 Å². The van der Waals surface area contributed by atoms with E-state index < -0.39 is 12.1 Å². The van der Waals surface area contributed by atoms with Crippen LogP contribution in [0.25, 0.3) is 0 Å². The molecule has 0 bridgehead atoms. The van der Waals surface area contributed by atoms with Gasteiger partial charge in [-0.05, 0) is 31.9 Å². The van der Waals surface area contributed by atoms with Gasteiger partial charge in [0.15, 0.2) is 0 Å². The van der Waals surface area contributed by atoms with E-state index in [2.05, 4.69) is 36.5 Å². The first-order chi connectivity index (χ1) is 8.58. The van der Waals surface area contributed by atoms with Crippen molar-refractivity contribution in [1.82, 2.24) is 5.32 Å². The summed E-state index contributed by atoms with van der Waals surface area (Å²) in [5.41, 5.74) is 2.50. The minimum atomic E-state index is -0.867. The lowest BCUT2D eigenvalue weighted by molar-refractivity contribution is -0.137. The van der Waals surface area contributed by atoms with E-state index in [9.17, 15) is 9.90 Å². The van der Waals surface area contributed by atoms with Gasteiger partial charge in [0.05, 0.1) is 6.10 Å². The third-order valence-corrected chi connectivity index (χ3v) is 2.78. The van der Waals surface area contributed by atoms with Gasteiger partial charge in [0.25, 0.3) is 0 Å². The molecule has 0 amide bonds. The smallest absolute Gasteiger partial charge is 0.303 e. The maximum Gasteiger partial charge on any atom is 0.303 e. The standard InChI is InChI=1S/C14H21NO3/c1-11-2-4-12(5-3-11)8-9-15-10-13(16)6-7-14(17)18/h2-5,13,15-16H,6-10H2,1H3,(H,17,18). The molecule has 0 saturated carbocycles. The third-order valence-electron chi connectivity index (χ3n) is 2.78. The monoisotopic (exact) mass is 251 g/mol. The fraction of sp³-hybridized carbons (Fsp3) is 0.500. The Morgan fingerprint density at radius 1 is 1.33 bits per heavy atom. The Morgan fingerprint density at radius 3 is 2.61 bits per heavy atom. The summed E-state index contributed by atoms with van der Waals surface area (Å²) in [6, 6.07) is 8.35. The summed E-state index contributed by atoms with van der Waals surface area (Å²) in [7, 11) is 0. The molecule has 0 heterocycles. The maximum absolute atomic E-state index is 10.3. The summed E-state index contributed by atoms with van der Waals surface area (Å²) in [6.45, 7) is 3.28. The van der Waals surface area contributed by atoms with Crippen LogP contribution >= 0.6 is 0 Å². The highest BCUT2D eigenvalue weighted by atomic mass is 16.4. The minimum absolute atomic E-state index is 0.0147. The minimum Gasteiger partial charge on any atom is -0.481 e. The average Bonchev–Trinajstić information content (AvgIpc) is 2.34. The number of benzene rings is 1. The maximum atomic E-state index is 10.3. The van der Waals surface area contributed by atoms with Crippen LogP contribution in [0.4, 0.5) is 0 Å². The Balaban J connectivity index is 2.11. The fourth-order valence-electron chi connectivity index (χ4n) is 1.65. The molecule has 0 aliphatic heterocycles. The molecular formula is C14H21NO3. The van der Waals surface area contributed by atoms with Gasteiger partial charge in [-0.2, -0.15) is 0 Å². The third kappa shape index (κ3) is 6.37. The van der Waals surface area contributed by atoms with E-state index in [1.54, 1.807) is 0 Å². The van der Waals surface area contributed by atoms with Crippen LogP contribution < -0.4 is 5.32 Å². The SMILES string of the molecule is Cc1ccc(CCNCC(O)CCC(=O)O)cc1. The summed E-state index contributed by atoms with van der Waals surface area (Å²) in [5.74, 6) is -0.867. The number of carbonyl (C=O) groups is 1. The van der Waals surface area contributed by atoms with E-state index in [0.717, 1.165) is 13.0 Å². The van der Waals surface area contributed by atoms with Crippen LogP contribution in [0, 0.1) is 6.92 Å². The molecule has 1 atom stereocenters. The highest BCUT2D eigenvalue weighted by molar-refractivity contribution is 5.66.